The first-order chi connectivity index (χ1) is 13.6. The highest BCUT2D eigenvalue weighted by atomic mass is 16.6. The number of rotatable bonds is 7. The van der Waals surface area contributed by atoms with E-state index in [2.05, 4.69) is 15.7 Å². The van der Waals surface area contributed by atoms with Crippen LogP contribution in [-0.2, 0) is 6.54 Å². The largest absolute Gasteiger partial charge is 0.377 e. The zero-order valence-corrected chi connectivity index (χ0v) is 15.0. The summed E-state index contributed by atoms with van der Waals surface area (Å²) in [6, 6.07) is 14.6. The highest BCUT2D eigenvalue weighted by Crippen LogP contribution is 2.31. The molecule has 2 N–H and O–H groups in total. The van der Waals surface area contributed by atoms with E-state index in [0.717, 1.165) is 18.4 Å². The van der Waals surface area contributed by atoms with Crippen LogP contribution in [0, 0.1) is 10.1 Å². The number of nitro benzene ring substituents is 1. The summed E-state index contributed by atoms with van der Waals surface area (Å²) in [6.07, 6.45) is 5.29. The van der Waals surface area contributed by atoms with Crippen LogP contribution in [0.1, 0.15) is 28.8 Å². The third-order valence-corrected chi connectivity index (χ3v) is 4.47. The number of hydrogen-bond acceptors (Lipinski definition) is 5. The molecule has 0 bridgehead atoms. The molecule has 3 aromatic rings. The molecular weight excluding hydrogens is 358 g/mol. The van der Waals surface area contributed by atoms with Gasteiger partial charge >= 0.3 is 0 Å². The number of hydrogen-bond donors (Lipinski definition) is 2. The summed E-state index contributed by atoms with van der Waals surface area (Å²) in [4.78, 5) is 23.4. The molecule has 0 saturated heterocycles. The van der Waals surface area contributed by atoms with Gasteiger partial charge in [0.25, 0.3) is 11.6 Å². The van der Waals surface area contributed by atoms with E-state index < -0.39 is 10.8 Å². The van der Waals surface area contributed by atoms with Crippen molar-refractivity contribution in [3.05, 3.63) is 82.2 Å². The molecule has 1 aliphatic rings. The first kappa shape index (κ1) is 17.7. The number of carbonyl (C=O) groups excluding carboxylic acids is 1. The zero-order chi connectivity index (χ0) is 19.5. The predicted molar refractivity (Wildman–Crippen MR) is 105 cm³/mol. The monoisotopic (exact) mass is 377 g/mol. The van der Waals surface area contributed by atoms with Gasteiger partial charge in [0.15, 0.2) is 0 Å². The second-order valence-electron chi connectivity index (χ2n) is 6.77. The Labute approximate surface area is 161 Å². The number of anilines is 2. The maximum Gasteiger partial charge on any atom is 0.293 e. The van der Waals surface area contributed by atoms with Crippen LogP contribution in [0.15, 0.2) is 60.9 Å². The van der Waals surface area contributed by atoms with E-state index in [1.165, 1.54) is 6.07 Å². The average Bonchev–Trinajstić information content (AvgIpc) is 3.40. The predicted octanol–water partition coefficient (Wildman–Crippen LogP) is 3.67. The van der Waals surface area contributed by atoms with Crippen LogP contribution in [0.2, 0.25) is 0 Å². The highest BCUT2D eigenvalue weighted by Gasteiger charge is 2.25. The van der Waals surface area contributed by atoms with Crippen LogP contribution < -0.4 is 10.6 Å². The van der Waals surface area contributed by atoms with E-state index in [1.54, 1.807) is 29.2 Å². The lowest BCUT2D eigenvalue weighted by Gasteiger charge is -2.08. The molecule has 142 valence electrons. The van der Waals surface area contributed by atoms with Crippen molar-refractivity contribution in [1.29, 1.82) is 0 Å². The van der Waals surface area contributed by atoms with Gasteiger partial charge in [-0.25, -0.2) is 0 Å². The number of nitrogens with zero attached hydrogens (tertiary/aromatic N) is 3. The van der Waals surface area contributed by atoms with Crippen LogP contribution in [0.3, 0.4) is 0 Å². The van der Waals surface area contributed by atoms with Crippen molar-refractivity contribution in [1.82, 2.24) is 9.78 Å². The van der Waals surface area contributed by atoms with Gasteiger partial charge in [-0.3, -0.25) is 19.6 Å². The van der Waals surface area contributed by atoms with Gasteiger partial charge in [-0.15, -0.1) is 0 Å². The second kappa shape index (κ2) is 7.51. The van der Waals surface area contributed by atoms with Crippen molar-refractivity contribution in [3.63, 3.8) is 0 Å². The molecule has 0 spiro atoms. The Morgan fingerprint density at radius 3 is 2.71 bits per heavy atom. The summed E-state index contributed by atoms with van der Waals surface area (Å²) in [5.41, 5.74) is 2.20. The van der Waals surface area contributed by atoms with Crippen molar-refractivity contribution in [2.24, 2.45) is 0 Å². The van der Waals surface area contributed by atoms with Crippen LogP contribution in [0.4, 0.5) is 17.1 Å². The lowest BCUT2D eigenvalue weighted by molar-refractivity contribution is -0.384. The van der Waals surface area contributed by atoms with Crippen molar-refractivity contribution in [3.8, 4) is 0 Å². The van der Waals surface area contributed by atoms with Crippen LogP contribution in [0.5, 0.6) is 0 Å². The normalized spacial score (nSPS) is 13.1. The summed E-state index contributed by atoms with van der Waals surface area (Å²) in [5.74, 6) is -0.416. The molecular formula is C20H19N5O3. The van der Waals surface area contributed by atoms with Crippen LogP contribution >= 0.6 is 0 Å². The Morgan fingerprint density at radius 2 is 2.00 bits per heavy atom. The minimum atomic E-state index is -0.473. The molecule has 1 aromatic heterocycles. The van der Waals surface area contributed by atoms with Gasteiger partial charge in [-0.05, 0) is 30.5 Å². The van der Waals surface area contributed by atoms with Gasteiger partial charge in [0.1, 0.15) is 5.69 Å². The quantitative estimate of drug-likeness (QED) is 0.483. The fraction of sp³-hybridized carbons (Fsp3) is 0.200. The molecule has 1 aliphatic carbocycles. The van der Waals surface area contributed by atoms with E-state index in [-0.39, 0.29) is 17.3 Å². The summed E-state index contributed by atoms with van der Waals surface area (Å²) >= 11 is 0. The maximum absolute atomic E-state index is 12.5. The molecule has 2 aromatic carbocycles. The standard InChI is InChI=1S/C20H19N5O3/c26-20(15-6-9-18(22-16-7-8-16)19(10-15)25(27)28)23-17-11-21-24(13-17)12-14-4-2-1-3-5-14/h1-6,9-11,13,16,22H,7-8,12H2,(H,23,26). The number of benzene rings is 2. The zero-order valence-electron chi connectivity index (χ0n) is 15.0. The van der Waals surface area contributed by atoms with Gasteiger partial charge < -0.3 is 10.6 Å². The van der Waals surface area contributed by atoms with E-state index >= 15 is 0 Å². The number of amides is 1. The summed E-state index contributed by atoms with van der Waals surface area (Å²) in [7, 11) is 0. The molecule has 0 aliphatic heterocycles. The molecule has 0 unspecified atom stereocenters. The van der Waals surface area contributed by atoms with Gasteiger partial charge in [0.05, 0.1) is 23.4 Å². The van der Waals surface area contributed by atoms with Gasteiger partial charge in [-0.2, -0.15) is 5.10 Å². The fourth-order valence-corrected chi connectivity index (χ4v) is 2.88. The molecule has 4 rings (SSSR count). The van der Waals surface area contributed by atoms with Crippen molar-refractivity contribution >= 4 is 23.0 Å². The molecule has 8 heteroatoms. The van der Waals surface area contributed by atoms with E-state index in [1.807, 2.05) is 30.3 Å². The third-order valence-electron chi connectivity index (χ3n) is 4.47. The Morgan fingerprint density at radius 1 is 1.21 bits per heavy atom. The molecule has 1 amide bonds. The fourth-order valence-electron chi connectivity index (χ4n) is 2.88. The molecule has 28 heavy (non-hydrogen) atoms. The SMILES string of the molecule is O=C(Nc1cnn(Cc2ccccc2)c1)c1ccc(NC2CC2)c([N+](=O)[O-])c1. The number of nitrogens with one attached hydrogen (secondary N) is 2. The third kappa shape index (κ3) is 4.17. The smallest absolute Gasteiger partial charge is 0.293 e. The summed E-state index contributed by atoms with van der Waals surface area (Å²) in [5, 5.41) is 21.5. The van der Waals surface area contributed by atoms with Crippen LogP contribution in [-0.4, -0.2) is 26.7 Å². The van der Waals surface area contributed by atoms with Crippen LogP contribution in [0.25, 0.3) is 0 Å². The molecule has 1 heterocycles. The Hall–Kier alpha value is -3.68. The lowest BCUT2D eigenvalue weighted by atomic mass is 10.1. The highest BCUT2D eigenvalue weighted by molar-refractivity contribution is 6.05. The topological polar surface area (TPSA) is 102 Å². The summed E-state index contributed by atoms with van der Waals surface area (Å²) < 4.78 is 1.72. The molecule has 1 fully saturated rings. The lowest BCUT2D eigenvalue weighted by Crippen LogP contribution is -2.13. The van der Waals surface area contributed by atoms with Gasteiger partial charge in [0.2, 0.25) is 0 Å². The Balaban J connectivity index is 1.46. The number of aromatic nitrogens is 2. The second-order valence-corrected chi connectivity index (χ2v) is 6.77. The minimum absolute atomic E-state index is 0.0978. The average molecular weight is 377 g/mol. The molecule has 0 atom stereocenters. The van der Waals surface area contributed by atoms with Crippen molar-refractivity contribution in [2.45, 2.75) is 25.4 Å². The number of carbonyl (C=O) groups is 1. The molecule has 1 saturated carbocycles. The van der Waals surface area contributed by atoms with Gasteiger partial charge in [0, 0.05) is 23.9 Å². The Kier molecular flexibility index (Phi) is 4.76. The Bertz CT molecular complexity index is 1010. The van der Waals surface area contributed by atoms with Gasteiger partial charge in [-0.1, -0.05) is 30.3 Å². The van der Waals surface area contributed by atoms with E-state index in [9.17, 15) is 14.9 Å². The maximum atomic E-state index is 12.5. The van der Waals surface area contributed by atoms with Crippen molar-refractivity contribution < 1.29 is 9.72 Å². The minimum Gasteiger partial charge on any atom is -0.377 e. The number of nitro groups is 1. The summed E-state index contributed by atoms with van der Waals surface area (Å²) in [6.45, 7) is 0.587. The van der Waals surface area contributed by atoms with Crippen molar-refractivity contribution in [2.75, 3.05) is 10.6 Å². The molecule has 8 nitrogen and oxygen atoms in total. The molecule has 0 radical (unpaired) electrons. The van der Waals surface area contributed by atoms with E-state index in [4.69, 9.17) is 0 Å². The first-order valence-corrected chi connectivity index (χ1v) is 9.01. The first-order valence-electron chi connectivity index (χ1n) is 9.01. The van der Waals surface area contributed by atoms with E-state index in [0.29, 0.717) is 17.9 Å².